The molecule has 4 nitrogen and oxygen atoms in total. The van der Waals surface area contributed by atoms with Gasteiger partial charge in [-0.3, -0.25) is 4.90 Å². The molecule has 1 aliphatic heterocycles. The van der Waals surface area contributed by atoms with Gasteiger partial charge >= 0.3 is 6.09 Å². The molecule has 1 fully saturated rings. The molecule has 1 aliphatic rings. The van der Waals surface area contributed by atoms with Crippen molar-refractivity contribution in [2.24, 2.45) is 0 Å². The summed E-state index contributed by atoms with van der Waals surface area (Å²) in [7, 11) is 0. The van der Waals surface area contributed by atoms with Gasteiger partial charge in [0.2, 0.25) is 0 Å². The third-order valence-electron chi connectivity index (χ3n) is 5.00. The van der Waals surface area contributed by atoms with Crippen molar-refractivity contribution in [3.8, 4) is 0 Å². The average Bonchev–Trinajstić information content (AvgIpc) is 2.74. The third-order valence-corrected chi connectivity index (χ3v) is 5.00. The van der Waals surface area contributed by atoms with E-state index in [2.05, 4.69) is 11.0 Å². The first kappa shape index (κ1) is 21.0. The summed E-state index contributed by atoms with van der Waals surface area (Å²) in [4.78, 5) is 15.8. The van der Waals surface area contributed by atoms with Crippen molar-refractivity contribution in [1.29, 1.82) is 0 Å². The van der Waals surface area contributed by atoms with Crippen LogP contribution in [0.4, 0.5) is 13.6 Å². The average molecular weight is 400 g/mol. The Bertz CT molecular complexity index is 779. The summed E-state index contributed by atoms with van der Waals surface area (Å²) in [6.07, 6.45) is 2.66. The van der Waals surface area contributed by atoms with Gasteiger partial charge in [0.05, 0.1) is 6.61 Å². The Morgan fingerprint density at radius 2 is 1.45 bits per heavy atom. The predicted molar refractivity (Wildman–Crippen MR) is 110 cm³/mol. The van der Waals surface area contributed by atoms with Gasteiger partial charge in [0.15, 0.2) is 0 Å². The third kappa shape index (κ3) is 5.87. The van der Waals surface area contributed by atoms with E-state index in [4.69, 9.17) is 4.74 Å². The van der Waals surface area contributed by atoms with Crippen molar-refractivity contribution < 1.29 is 18.3 Å². The Kier molecular flexibility index (Phi) is 7.36. The zero-order valence-corrected chi connectivity index (χ0v) is 16.6. The lowest BCUT2D eigenvalue weighted by Crippen LogP contribution is -2.48. The summed E-state index contributed by atoms with van der Waals surface area (Å²) in [5, 5.41) is 0. The summed E-state index contributed by atoms with van der Waals surface area (Å²) in [6.45, 7) is 5.96. The lowest BCUT2D eigenvalue weighted by Gasteiger charge is -2.33. The fraction of sp³-hybridized carbons (Fsp3) is 0.348. The summed E-state index contributed by atoms with van der Waals surface area (Å²) in [5.74, 6) is -0.571. The summed E-state index contributed by atoms with van der Waals surface area (Å²) >= 11 is 0. The Morgan fingerprint density at radius 3 is 1.93 bits per heavy atom. The van der Waals surface area contributed by atoms with Crippen molar-refractivity contribution in [3.63, 3.8) is 0 Å². The van der Waals surface area contributed by atoms with Crippen molar-refractivity contribution in [1.82, 2.24) is 9.80 Å². The van der Waals surface area contributed by atoms with Gasteiger partial charge in [-0.25, -0.2) is 13.6 Å². The van der Waals surface area contributed by atoms with E-state index in [1.807, 2.05) is 0 Å². The molecule has 2 aromatic rings. The van der Waals surface area contributed by atoms with Gasteiger partial charge in [-0.15, -0.1) is 0 Å². The Morgan fingerprint density at radius 1 is 0.931 bits per heavy atom. The normalized spacial score (nSPS) is 14.5. The highest BCUT2D eigenvalue weighted by Crippen LogP contribution is 2.25. The first-order valence-electron chi connectivity index (χ1n) is 9.93. The van der Waals surface area contributed by atoms with Gasteiger partial charge in [-0.05, 0) is 54.3 Å². The number of ether oxygens (including phenoxy) is 1. The number of piperazine rings is 1. The van der Waals surface area contributed by atoms with E-state index in [1.54, 1.807) is 36.1 Å². The minimum absolute atomic E-state index is 0.248. The van der Waals surface area contributed by atoms with Crippen molar-refractivity contribution >= 4 is 11.7 Å². The van der Waals surface area contributed by atoms with Crippen LogP contribution in [0.1, 0.15) is 24.5 Å². The predicted octanol–water partition coefficient (Wildman–Crippen LogP) is 4.56. The van der Waals surface area contributed by atoms with Crippen LogP contribution in [0, 0.1) is 11.6 Å². The van der Waals surface area contributed by atoms with Crippen LogP contribution in [-0.4, -0.2) is 55.2 Å². The fourth-order valence-electron chi connectivity index (χ4n) is 3.42. The molecule has 1 amide bonds. The van der Waals surface area contributed by atoms with Gasteiger partial charge in [0, 0.05) is 32.7 Å². The van der Waals surface area contributed by atoms with Gasteiger partial charge in [-0.2, -0.15) is 0 Å². The number of amides is 1. The quantitative estimate of drug-likeness (QED) is 0.713. The number of hydrogen-bond acceptors (Lipinski definition) is 3. The number of carbonyl (C=O) groups excluding carboxylic acids is 1. The highest BCUT2D eigenvalue weighted by atomic mass is 19.1. The van der Waals surface area contributed by atoms with Crippen LogP contribution in [0.15, 0.2) is 54.6 Å². The van der Waals surface area contributed by atoms with Crippen LogP contribution in [0.5, 0.6) is 0 Å². The SMILES string of the molecule is CCOC(=O)N1CCN(CCC=C(c2ccc(F)cc2)c2ccc(F)cc2)CC1. The van der Waals surface area contributed by atoms with Gasteiger partial charge in [0.25, 0.3) is 0 Å². The van der Waals surface area contributed by atoms with Crippen molar-refractivity contribution in [2.45, 2.75) is 13.3 Å². The lowest BCUT2D eigenvalue weighted by atomic mass is 9.96. The molecule has 0 aliphatic carbocycles. The van der Waals surface area contributed by atoms with Crippen LogP contribution < -0.4 is 0 Å². The lowest BCUT2D eigenvalue weighted by molar-refractivity contribution is 0.0801. The van der Waals surface area contributed by atoms with E-state index in [9.17, 15) is 13.6 Å². The second kappa shape index (κ2) is 10.2. The molecular formula is C23H26F2N2O2. The maximum atomic E-state index is 13.3. The second-order valence-corrected chi connectivity index (χ2v) is 6.95. The number of carbonyl (C=O) groups is 1. The Hall–Kier alpha value is -2.73. The first-order chi connectivity index (χ1) is 14.1. The highest BCUT2D eigenvalue weighted by molar-refractivity contribution is 5.79. The molecule has 0 saturated carbocycles. The molecule has 0 N–H and O–H groups in total. The Balaban J connectivity index is 1.64. The molecule has 1 saturated heterocycles. The molecule has 0 spiro atoms. The molecule has 2 aromatic carbocycles. The fourth-order valence-corrected chi connectivity index (χ4v) is 3.42. The van der Waals surface area contributed by atoms with Gasteiger partial charge in [-0.1, -0.05) is 30.3 Å². The largest absolute Gasteiger partial charge is 0.450 e. The monoisotopic (exact) mass is 400 g/mol. The number of hydrogen-bond donors (Lipinski definition) is 0. The molecular weight excluding hydrogens is 374 g/mol. The van der Waals surface area contributed by atoms with Crippen LogP contribution in [-0.2, 0) is 4.74 Å². The first-order valence-corrected chi connectivity index (χ1v) is 9.93. The van der Waals surface area contributed by atoms with Gasteiger partial charge < -0.3 is 9.64 Å². The van der Waals surface area contributed by atoms with Crippen LogP contribution in [0.25, 0.3) is 5.57 Å². The van der Waals surface area contributed by atoms with E-state index >= 15 is 0 Å². The highest BCUT2D eigenvalue weighted by Gasteiger charge is 2.21. The van der Waals surface area contributed by atoms with E-state index in [0.717, 1.165) is 42.8 Å². The second-order valence-electron chi connectivity index (χ2n) is 6.95. The zero-order valence-electron chi connectivity index (χ0n) is 16.6. The summed E-state index contributed by atoms with van der Waals surface area (Å²) < 4.78 is 31.7. The summed E-state index contributed by atoms with van der Waals surface area (Å²) in [5.41, 5.74) is 2.74. The number of rotatable bonds is 6. The molecule has 1 heterocycles. The molecule has 3 rings (SSSR count). The number of halogens is 2. The van der Waals surface area contributed by atoms with Gasteiger partial charge in [0.1, 0.15) is 11.6 Å². The number of nitrogens with zero attached hydrogens (tertiary/aromatic N) is 2. The molecule has 29 heavy (non-hydrogen) atoms. The smallest absolute Gasteiger partial charge is 0.409 e. The summed E-state index contributed by atoms with van der Waals surface area (Å²) in [6, 6.07) is 12.7. The van der Waals surface area contributed by atoms with E-state index in [-0.39, 0.29) is 17.7 Å². The molecule has 0 unspecified atom stereocenters. The zero-order chi connectivity index (χ0) is 20.6. The molecule has 6 heteroatoms. The maximum Gasteiger partial charge on any atom is 0.409 e. The minimum Gasteiger partial charge on any atom is -0.450 e. The van der Waals surface area contributed by atoms with Crippen molar-refractivity contribution in [2.75, 3.05) is 39.3 Å². The van der Waals surface area contributed by atoms with Crippen molar-refractivity contribution in [3.05, 3.63) is 77.4 Å². The maximum absolute atomic E-state index is 13.3. The van der Waals surface area contributed by atoms with Crippen LogP contribution in [0.3, 0.4) is 0 Å². The van der Waals surface area contributed by atoms with E-state index < -0.39 is 0 Å². The molecule has 0 bridgehead atoms. The van der Waals surface area contributed by atoms with E-state index in [1.165, 1.54) is 24.3 Å². The topological polar surface area (TPSA) is 32.8 Å². The minimum atomic E-state index is -0.285. The van der Waals surface area contributed by atoms with Crippen LogP contribution in [0.2, 0.25) is 0 Å². The molecule has 154 valence electrons. The van der Waals surface area contributed by atoms with Crippen LogP contribution >= 0.6 is 0 Å². The Labute approximate surface area is 170 Å². The van der Waals surface area contributed by atoms with E-state index in [0.29, 0.717) is 19.7 Å². The standard InChI is InChI=1S/C23H26F2N2O2/c1-2-29-23(28)27-16-14-26(15-17-27)13-3-4-22(18-5-9-20(24)10-6-18)19-7-11-21(25)12-8-19/h4-12H,2-3,13-17H2,1H3. The number of benzene rings is 2. The molecule has 0 aromatic heterocycles. The molecule has 0 atom stereocenters. The molecule has 0 radical (unpaired) electrons.